The van der Waals surface area contributed by atoms with E-state index in [1.54, 1.807) is 12.1 Å². The van der Waals surface area contributed by atoms with Crippen LogP contribution < -0.4 is 15.5 Å². The summed E-state index contributed by atoms with van der Waals surface area (Å²) < 4.78 is 4.69. The summed E-state index contributed by atoms with van der Waals surface area (Å²) in [7, 11) is 1.30. The number of amides is 2. The zero-order valence-electron chi connectivity index (χ0n) is 18.0. The van der Waals surface area contributed by atoms with Crippen LogP contribution in [0.5, 0.6) is 0 Å². The molecular weight excluding hydrogens is 414 g/mol. The Balaban J connectivity index is 1.67. The number of hydrogen-bond acceptors (Lipinski definition) is 6. The number of benzene rings is 1. The number of rotatable bonds is 9. The minimum atomic E-state index is -0.661. The summed E-state index contributed by atoms with van der Waals surface area (Å²) in [6.07, 6.45) is 4.62. The van der Waals surface area contributed by atoms with Gasteiger partial charge in [0.05, 0.1) is 12.0 Å². The first-order valence-corrected chi connectivity index (χ1v) is 11.5. The van der Waals surface area contributed by atoms with Gasteiger partial charge >= 0.3 is 5.97 Å². The molecule has 8 heteroatoms. The van der Waals surface area contributed by atoms with Crippen LogP contribution in [0.25, 0.3) is 0 Å². The second kappa shape index (κ2) is 10.9. The minimum Gasteiger partial charge on any atom is -0.465 e. The highest BCUT2D eigenvalue weighted by Gasteiger charge is 2.23. The summed E-state index contributed by atoms with van der Waals surface area (Å²) in [5.74, 6) is -1.10. The fourth-order valence-corrected chi connectivity index (χ4v) is 4.39. The summed E-state index contributed by atoms with van der Waals surface area (Å²) in [5.41, 5.74) is 1.81. The topological polar surface area (TPSA) is 87.7 Å². The standard InChI is InChI=1S/C23H29N3O4S/c1-3-4-10-18(25-22(28)19-11-12-20(31-19)23(29)30-2)21(27)24-16-8-7-9-17(15-16)26-13-5-6-14-26/h7-9,11-12,15,18H,3-6,10,13-14H2,1-2H3,(H,24,27)(H,25,28). The molecule has 1 aromatic heterocycles. The van der Waals surface area contributed by atoms with E-state index in [0.29, 0.717) is 21.9 Å². The molecule has 1 aliphatic rings. The molecule has 7 nitrogen and oxygen atoms in total. The number of methoxy groups -OCH3 is 1. The lowest BCUT2D eigenvalue weighted by Crippen LogP contribution is -2.43. The van der Waals surface area contributed by atoms with E-state index in [-0.39, 0.29) is 11.8 Å². The van der Waals surface area contributed by atoms with Gasteiger partial charge in [-0.15, -0.1) is 11.3 Å². The van der Waals surface area contributed by atoms with E-state index in [1.165, 1.54) is 20.0 Å². The van der Waals surface area contributed by atoms with Crippen LogP contribution >= 0.6 is 11.3 Å². The second-order valence-corrected chi connectivity index (χ2v) is 8.64. The van der Waals surface area contributed by atoms with Gasteiger partial charge in [-0.05, 0) is 49.6 Å². The highest BCUT2D eigenvalue weighted by molar-refractivity contribution is 7.15. The van der Waals surface area contributed by atoms with Crippen LogP contribution in [0.3, 0.4) is 0 Å². The Morgan fingerprint density at radius 1 is 1.13 bits per heavy atom. The number of esters is 1. The maximum Gasteiger partial charge on any atom is 0.348 e. The van der Waals surface area contributed by atoms with Crippen molar-refractivity contribution in [1.29, 1.82) is 0 Å². The van der Waals surface area contributed by atoms with Crippen molar-refractivity contribution in [3.63, 3.8) is 0 Å². The van der Waals surface area contributed by atoms with Gasteiger partial charge in [0.25, 0.3) is 5.91 Å². The van der Waals surface area contributed by atoms with Crippen molar-refractivity contribution >= 4 is 40.5 Å². The second-order valence-electron chi connectivity index (χ2n) is 7.56. The highest BCUT2D eigenvalue weighted by Crippen LogP contribution is 2.24. The number of carbonyl (C=O) groups is 3. The molecule has 0 spiro atoms. The molecule has 1 atom stereocenters. The minimum absolute atomic E-state index is 0.245. The maximum absolute atomic E-state index is 13.0. The van der Waals surface area contributed by atoms with Gasteiger partial charge in [0, 0.05) is 24.5 Å². The molecule has 1 aromatic carbocycles. The van der Waals surface area contributed by atoms with Gasteiger partial charge in [-0.2, -0.15) is 0 Å². The first kappa shape index (κ1) is 22.8. The third-order valence-corrected chi connectivity index (χ3v) is 6.33. The van der Waals surface area contributed by atoms with Crippen molar-refractivity contribution in [2.24, 2.45) is 0 Å². The number of hydrogen-bond donors (Lipinski definition) is 2. The number of nitrogens with zero attached hydrogens (tertiary/aromatic N) is 1. The van der Waals surface area contributed by atoms with Crippen LogP contribution in [0, 0.1) is 0 Å². The van der Waals surface area contributed by atoms with Crippen molar-refractivity contribution in [3.8, 4) is 0 Å². The van der Waals surface area contributed by atoms with Crippen molar-refractivity contribution in [3.05, 3.63) is 46.2 Å². The molecule has 0 saturated carbocycles. The Hall–Kier alpha value is -2.87. The van der Waals surface area contributed by atoms with Crippen molar-refractivity contribution < 1.29 is 19.1 Å². The molecule has 166 valence electrons. The molecule has 0 aliphatic carbocycles. The number of anilines is 2. The fourth-order valence-electron chi connectivity index (χ4n) is 3.56. The van der Waals surface area contributed by atoms with E-state index in [9.17, 15) is 14.4 Å². The van der Waals surface area contributed by atoms with Crippen LogP contribution in [-0.4, -0.2) is 44.0 Å². The van der Waals surface area contributed by atoms with E-state index in [1.807, 2.05) is 31.2 Å². The molecule has 2 aromatic rings. The Bertz CT molecular complexity index is 921. The Morgan fingerprint density at radius 3 is 2.58 bits per heavy atom. The molecule has 31 heavy (non-hydrogen) atoms. The highest BCUT2D eigenvalue weighted by atomic mass is 32.1. The van der Waals surface area contributed by atoms with Gasteiger partial charge in [0.2, 0.25) is 5.91 Å². The normalized spacial score (nSPS) is 14.2. The SMILES string of the molecule is CCCCC(NC(=O)c1ccc(C(=O)OC)s1)C(=O)Nc1cccc(N2CCCC2)c1. The summed E-state index contributed by atoms with van der Waals surface area (Å²) in [6, 6.07) is 10.3. The zero-order valence-corrected chi connectivity index (χ0v) is 18.8. The van der Waals surface area contributed by atoms with Crippen LogP contribution in [0.1, 0.15) is 58.4 Å². The molecule has 2 N–H and O–H groups in total. The number of unbranched alkanes of at least 4 members (excludes halogenated alkanes) is 1. The molecular formula is C23H29N3O4S. The smallest absolute Gasteiger partial charge is 0.348 e. The fraction of sp³-hybridized carbons (Fsp3) is 0.435. The number of ether oxygens (including phenoxy) is 1. The Morgan fingerprint density at radius 2 is 1.87 bits per heavy atom. The quantitative estimate of drug-likeness (QED) is 0.571. The molecule has 0 bridgehead atoms. The molecule has 1 unspecified atom stereocenters. The van der Waals surface area contributed by atoms with Gasteiger partial charge in [-0.25, -0.2) is 4.79 Å². The van der Waals surface area contributed by atoms with E-state index >= 15 is 0 Å². The maximum atomic E-state index is 13.0. The van der Waals surface area contributed by atoms with Crippen molar-refractivity contribution in [1.82, 2.24) is 5.32 Å². The monoisotopic (exact) mass is 443 g/mol. The average molecular weight is 444 g/mol. The van der Waals surface area contributed by atoms with E-state index < -0.39 is 12.0 Å². The van der Waals surface area contributed by atoms with Crippen LogP contribution in [-0.2, 0) is 9.53 Å². The molecule has 1 fully saturated rings. The van der Waals surface area contributed by atoms with Crippen LogP contribution in [0.4, 0.5) is 11.4 Å². The number of thiophene rings is 1. The third kappa shape index (κ3) is 6.07. The Kier molecular flexibility index (Phi) is 8.06. The van der Waals surface area contributed by atoms with Crippen LogP contribution in [0.15, 0.2) is 36.4 Å². The molecule has 2 amide bonds. The summed E-state index contributed by atoms with van der Waals surface area (Å²) in [4.78, 5) is 40.3. The van der Waals surface area contributed by atoms with Crippen molar-refractivity contribution in [2.75, 3.05) is 30.4 Å². The first-order valence-electron chi connectivity index (χ1n) is 10.7. The lowest BCUT2D eigenvalue weighted by atomic mass is 10.1. The van der Waals surface area contributed by atoms with E-state index in [2.05, 4.69) is 20.3 Å². The molecule has 1 saturated heterocycles. The predicted octanol–water partition coefficient (Wildman–Crippen LogP) is 4.06. The summed E-state index contributed by atoms with van der Waals surface area (Å²) in [5, 5.41) is 5.78. The van der Waals surface area contributed by atoms with Crippen LogP contribution in [0.2, 0.25) is 0 Å². The predicted molar refractivity (Wildman–Crippen MR) is 123 cm³/mol. The molecule has 1 aliphatic heterocycles. The number of carbonyl (C=O) groups excluding carboxylic acids is 3. The summed E-state index contributed by atoms with van der Waals surface area (Å²) >= 11 is 1.05. The molecule has 0 radical (unpaired) electrons. The van der Waals surface area contributed by atoms with Gasteiger partial charge in [0.1, 0.15) is 10.9 Å². The summed E-state index contributed by atoms with van der Waals surface area (Å²) in [6.45, 7) is 4.10. The third-order valence-electron chi connectivity index (χ3n) is 5.27. The van der Waals surface area contributed by atoms with Gasteiger partial charge in [-0.3, -0.25) is 9.59 Å². The van der Waals surface area contributed by atoms with Crippen molar-refractivity contribution in [2.45, 2.75) is 45.1 Å². The zero-order chi connectivity index (χ0) is 22.2. The lowest BCUT2D eigenvalue weighted by Gasteiger charge is -2.20. The first-order chi connectivity index (χ1) is 15.0. The van der Waals surface area contributed by atoms with E-state index in [4.69, 9.17) is 0 Å². The van der Waals surface area contributed by atoms with Gasteiger partial charge < -0.3 is 20.3 Å². The van der Waals surface area contributed by atoms with Gasteiger partial charge in [0.15, 0.2) is 0 Å². The average Bonchev–Trinajstić information content (AvgIpc) is 3.48. The largest absolute Gasteiger partial charge is 0.465 e. The molecule has 3 rings (SSSR count). The van der Waals surface area contributed by atoms with E-state index in [0.717, 1.165) is 43.0 Å². The Labute approximate surface area is 186 Å². The molecule has 2 heterocycles. The lowest BCUT2D eigenvalue weighted by molar-refractivity contribution is -0.118. The number of nitrogens with one attached hydrogen (secondary N) is 2. The van der Waals surface area contributed by atoms with Gasteiger partial charge in [-0.1, -0.05) is 25.8 Å².